The number of azide groups is 1. The molecule has 0 saturated carbocycles. The Labute approximate surface area is 105 Å². The van der Waals surface area contributed by atoms with E-state index in [0.717, 1.165) is 12.8 Å². The van der Waals surface area contributed by atoms with E-state index in [1.807, 2.05) is 6.92 Å². The summed E-state index contributed by atoms with van der Waals surface area (Å²) >= 11 is 0. The Kier molecular flexibility index (Phi) is 5.45. The second kappa shape index (κ2) is 6.86. The molecule has 0 aromatic rings. The number of unbranched alkanes of at least 4 members (excludes halogenated alkanes) is 1. The molecule has 0 bridgehead atoms. The molecule has 0 aliphatic carbocycles. The summed E-state index contributed by atoms with van der Waals surface area (Å²) in [6, 6.07) is -0.742. The van der Waals surface area contributed by atoms with Crippen molar-refractivity contribution in [2.24, 2.45) is 11.0 Å². The van der Waals surface area contributed by atoms with Crippen molar-refractivity contribution in [2.75, 3.05) is 13.1 Å². The number of carboxylic acid groups (broad SMARTS) is 1. The van der Waals surface area contributed by atoms with Crippen molar-refractivity contribution in [3.8, 4) is 0 Å². The Bertz CT molecular complexity index is 365. The number of nitrogens with zero attached hydrogens (tertiary/aromatic N) is 4. The standard InChI is InChI=1S/C11H18N4O3/c1-2-3-4-9(11(17)18)15-7-8(5-10(15)16)6-13-14-12/h8-9H,2-7H2,1H3,(H,17,18). The average Bonchev–Trinajstić information content (AvgIpc) is 2.68. The lowest BCUT2D eigenvalue weighted by Gasteiger charge is -2.24. The van der Waals surface area contributed by atoms with Gasteiger partial charge in [-0.25, -0.2) is 4.79 Å². The summed E-state index contributed by atoms with van der Waals surface area (Å²) in [5, 5.41) is 12.6. The Morgan fingerprint density at radius 2 is 2.44 bits per heavy atom. The van der Waals surface area contributed by atoms with Crippen LogP contribution in [0.3, 0.4) is 0 Å². The predicted octanol–water partition coefficient (Wildman–Crippen LogP) is 1.79. The minimum atomic E-state index is -0.957. The number of likely N-dealkylation sites (tertiary alicyclic amines) is 1. The highest BCUT2D eigenvalue weighted by molar-refractivity contribution is 5.85. The quantitative estimate of drug-likeness (QED) is 0.425. The first-order valence-electron chi connectivity index (χ1n) is 6.13. The van der Waals surface area contributed by atoms with Crippen LogP contribution in [0.15, 0.2) is 5.11 Å². The molecule has 1 aliphatic rings. The smallest absolute Gasteiger partial charge is 0.326 e. The molecule has 7 heteroatoms. The van der Waals surface area contributed by atoms with E-state index < -0.39 is 12.0 Å². The van der Waals surface area contributed by atoms with Crippen LogP contribution in [0.25, 0.3) is 10.4 Å². The third kappa shape index (κ3) is 3.63. The number of carboxylic acids is 1. The number of aliphatic carboxylic acids is 1. The van der Waals surface area contributed by atoms with Crippen molar-refractivity contribution >= 4 is 11.9 Å². The molecule has 1 aliphatic heterocycles. The average molecular weight is 254 g/mol. The molecule has 1 amide bonds. The van der Waals surface area contributed by atoms with Crippen molar-refractivity contribution in [3.05, 3.63) is 10.4 Å². The van der Waals surface area contributed by atoms with Gasteiger partial charge in [0, 0.05) is 24.4 Å². The van der Waals surface area contributed by atoms with Gasteiger partial charge in [0.25, 0.3) is 0 Å². The largest absolute Gasteiger partial charge is 0.480 e. The second-order valence-electron chi connectivity index (χ2n) is 4.53. The fourth-order valence-corrected chi connectivity index (χ4v) is 2.19. The molecule has 1 N–H and O–H groups in total. The summed E-state index contributed by atoms with van der Waals surface area (Å²) in [6.45, 7) is 2.60. The molecule has 2 atom stereocenters. The maximum Gasteiger partial charge on any atom is 0.326 e. The Morgan fingerprint density at radius 1 is 1.72 bits per heavy atom. The van der Waals surface area contributed by atoms with E-state index in [-0.39, 0.29) is 24.8 Å². The highest BCUT2D eigenvalue weighted by Crippen LogP contribution is 2.23. The van der Waals surface area contributed by atoms with Gasteiger partial charge in [-0.15, -0.1) is 0 Å². The van der Waals surface area contributed by atoms with Gasteiger partial charge in [0.15, 0.2) is 0 Å². The summed E-state index contributed by atoms with van der Waals surface area (Å²) in [5.41, 5.74) is 8.24. The zero-order chi connectivity index (χ0) is 13.5. The maximum absolute atomic E-state index is 11.8. The lowest BCUT2D eigenvalue weighted by atomic mass is 10.1. The van der Waals surface area contributed by atoms with Crippen LogP contribution in [0.1, 0.15) is 32.6 Å². The van der Waals surface area contributed by atoms with Crippen molar-refractivity contribution in [1.82, 2.24) is 4.90 Å². The van der Waals surface area contributed by atoms with E-state index in [9.17, 15) is 9.59 Å². The van der Waals surface area contributed by atoms with E-state index in [2.05, 4.69) is 10.0 Å². The van der Waals surface area contributed by atoms with Crippen molar-refractivity contribution < 1.29 is 14.7 Å². The lowest BCUT2D eigenvalue weighted by molar-refractivity contribution is -0.148. The lowest BCUT2D eigenvalue weighted by Crippen LogP contribution is -2.42. The molecule has 1 saturated heterocycles. The molecule has 1 rings (SSSR count). The van der Waals surface area contributed by atoms with Gasteiger partial charge < -0.3 is 10.0 Å². The summed E-state index contributed by atoms with van der Waals surface area (Å²) in [6.07, 6.45) is 2.43. The van der Waals surface area contributed by atoms with Crippen LogP contribution in [0.5, 0.6) is 0 Å². The predicted molar refractivity (Wildman–Crippen MR) is 64.8 cm³/mol. The van der Waals surface area contributed by atoms with Crippen LogP contribution in [0.2, 0.25) is 0 Å². The van der Waals surface area contributed by atoms with Gasteiger partial charge in [-0.2, -0.15) is 0 Å². The third-order valence-electron chi connectivity index (χ3n) is 3.13. The molecular formula is C11H18N4O3. The second-order valence-corrected chi connectivity index (χ2v) is 4.53. The van der Waals surface area contributed by atoms with E-state index in [0.29, 0.717) is 13.0 Å². The van der Waals surface area contributed by atoms with Crippen molar-refractivity contribution in [3.63, 3.8) is 0 Å². The molecule has 0 aromatic heterocycles. The molecule has 0 radical (unpaired) electrons. The molecule has 100 valence electrons. The number of hydrogen-bond donors (Lipinski definition) is 1. The van der Waals surface area contributed by atoms with Crippen LogP contribution in [0.4, 0.5) is 0 Å². The number of rotatable bonds is 7. The van der Waals surface area contributed by atoms with E-state index in [1.165, 1.54) is 4.90 Å². The molecule has 18 heavy (non-hydrogen) atoms. The Balaban J connectivity index is 2.65. The molecule has 0 aromatic carbocycles. The van der Waals surface area contributed by atoms with Crippen LogP contribution >= 0.6 is 0 Å². The molecule has 1 fully saturated rings. The number of carbonyl (C=O) groups excluding carboxylic acids is 1. The minimum absolute atomic E-state index is 0.0584. The van der Waals surface area contributed by atoms with Crippen LogP contribution in [0, 0.1) is 5.92 Å². The Morgan fingerprint density at radius 3 is 3.00 bits per heavy atom. The molecule has 1 heterocycles. The van der Waals surface area contributed by atoms with Crippen LogP contribution in [-0.2, 0) is 9.59 Å². The first kappa shape index (κ1) is 14.3. The number of carbonyl (C=O) groups is 2. The summed E-state index contributed by atoms with van der Waals surface area (Å²) in [4.78, 5) is 27.0. The first-order chi connectivity index (χ1) is 8.60. The van der Waals surface area contributed by atoms with Gasteiger partial charge in [-0.3, -0.25) is 4.79 Å². The van der Waals surface area contributed by atoms with Gasteiger partial charge >= 0.3 is 5.97 Å². The van der Waals surface area contributed by atoms with Gasteiger partial charge in [0.2, 0.25) is 5.91 Å². The molecule has 2 unspecified atom stereocenters. The third-order valence-corrected chi connectivity index (χ3v) is 3.13. The summed E-state index contributed by atoms with van der Waals surface area (Å²) in [5.74, 6) is -1.17. The summed E-state index contributed by atoms with van der Waals surface area (Å²) < 4.78 is 0. The van der Waals surface area contributed by atoms with Gasteiger partial charge in [-0.05, 0) is 17.9 Å². The highest BCUT2D eigenvalue weighted by atomic mass is 16.4. The zero-order valence-electron chi connectivity index (χ0n) is 10.4. The number of hydrogen-bond acceptors (Lipinski definition) is 3. The van der Waals surface area contributed by atoms with Crippen LogP contribution in [-0.4, -0.2) is 41.0 Å². The van der Waals surface area contributed by atoms with E-state index in [4.69, 9.17) is 10.6 Å². The molecular weight excluding hydrogens is 236 g/mol. The zero-order valence-corrected chi connectivity index (χ0v) is 10.4. The van der Waals surface area contributed by atoms with Crippen molar-refractivity contribution in [1.29, 1.82) is 0 Å². The first-order valence-corrected chi connectivity index (χ1v) is 6.13. The van der Waals surface area contributed by atoms with Gasteiger partial charge in [0.05, 0.1) is 0 Å². The topological polar surface area (TPSA) is 106 Å². The fraction of sp³-hybridized carbons (Fsp3) is 0.818. The monoisotopic (exact) mass is 254 g/mol. The van der Waals surface area contributed by atoms with Crippen LogP contribution < -0.4 is 0 Å². The molecule has 0 spiro atoms. The van der Waals surface area contributed by atoms with E-state index in [1.54, 1.807) is 0 Å². The number of amides is 1. The van der Waals surface area contributed by atoms with Crippen molar-refractivity contribution in [2.45, 2.75) is 38.6 Å². The SMILES string of the molecule is CCCCC(C(=O)O)N1CC(CN=[N+]=[N-])CC1=O. The summed E-state index contributed by atoms with van der Waals surface area (Å²) in [7, 11) is 0. The Hall–Kier alpha value is -1.75. The van der Waals surface area contributed by atoms with Gasteiger partial charge in [0.1, 0.15) is 6.04 Å². The van der Waals surface area contributed by atoms with E-state index >= 15 is 0 Å². The highest BCUT2D eigenvalue weighted by Gasteiger charge is 2.36. The normalized spacial score (nSPS) is 20.6. The van der Waals surface area contributed by atoms with Gasteiger partial charge in [-0.1, -0.05) is 24.9 Å². The minimum Gasteiger partial charge on any atom is -0.480 e. The fourth-order valence-electron chi connectivity index (χ4n) is 2.19. The maximum atomic E-state index is 11.8. The molecule has 7 nitrogen and oxygen atoms in total.